The van der Waals surface area contributed by atoms with E-state index in [1.54, 1.807) is 0 Å². The molecule has 0 saturated heterocycles. The molecule has 0 atom stereocenters. The molecule has 4 nitrogen and oxygen atoms in total. The zero-order valence-electron chi connectivity index (χ0n) is 12.9. The summed E-state index contributed by atoms with van der Waals surface area (Å²) in [5.41, 5.74) is 0. The summed E-state index contributed by atoms with van der Waals surface area (Å²) >= 11 is 0. The number of hydrogen-bond donors (Lipinski definition) is 0. The first-order valence-corrected chi connectivity index (χ1v) is 8.94. The Balaban J connectivity index is 3.24. The van der Waals surface area contributed by atoms with Gasteiger partial charge in [-0.25, -0.2) is 0 Å². The Morgan fingerprint density at radius 1 is 0.789 bits per heavy atom. The Hall–Kier alpha value is -0.130. The van der Waals surface area contributed by atoms with Gasteiger partial charge in [-0.1, -0.05) is 64.7 Å². The predicted octanol–water partition coefficient (Wildman–Crippen LogP) is 3.73. The molecule has 0 saturated carbocycles. The molecule has 0 spiro atoms. The van der Waals surface area contributed by atoms with E-state index in [2.05, 4.69) is 6.92 Å². The van der Waals surface area contributed by atoms with Crippen molar-refractivity contribution in [3.05, 3.63) is 0 Å². The third-order valence-corrected chi connectivity index (χ3v) is 4.54. The van der Waals surface area contributed by atoms with Crippen molar-refractivity contribution in [1.82, 2.24) is 4.31 Å². The Morgan fingerprint density at radius 3 is 1.63 bits per heavy atom. The largest absolute Gasteiger partial charge is 0.337 e. The van der Waals surface area contributed by atoms with Crippen molar-refractivity contribution < 1.29 is 12.6 Å². The average Bonchev–Trinajstić information content (AvgIpc) is 2.35. The standard InChI is InChI=1S/C14H31NO3S/c1-4-5-6-7-8-9-10-11-12-13-14-18-19(16,17)15(2)3/h4-14H2,1-3H3. The molecule has 5 heteroatoms. The number of unbranched alkanes of at least 4 members (excludes halogenated alkanes) is 9. The van der Waals surface area contributed by atoms with E-state index in [0.717, 1.165) is 17.1 Å². The van der Waals surface area contributed by atoms with Gasteiger partial charge in [0.25, 0.3) is 0 Å². The van der Waals surface area contributed by atoms with Crippen molar-refractivity contribution in [1.29, 1.82) is 0 Å². The minimum atomic E-state index is -3.48. The maximum absolute atomic E-state index is 11.3. The van der Waals surface area contributed by atoms with Gasteiger partial charge >= 0.3 is 10.3 Å². The van der Waals surface area contributed by atoms with E-state index in [-0.39, 0.29) is 0 Å². The number of rotatable bonds is 13. The molecule has 0 aliphatic carbocycles. The molecule has 0 heterocycles. The minimum Gasteiger partial charge on any atom is -0.258 e. The fourth-order valence-corrected chi connectivity index (χ4v) is 2.40. The molecule has 0 amide bonds. The first kappa shape index (κ1) is 18.9. The molecular weight excluding hydrogens is 262 g/mol. The van der Waals surface area contributed by atoms with Gasteiger partial charge in [0.15, 0.2) is 0 Å². The second-order valence-electron chi connectivity index (χ2n) is 5.24. The molecule has 0 bridgehead atoms. The fourth-order valence-electron chi connectivity index (χ4n) is 1.86. The topological polar surface area (TPSA) is 46.6 Å². The molecule has 0 rings (SSSR count). The third kappa shape index (κ3) is 11.4. The van der Waals surface area contributed by atoms with Crippen LogP contribution in [0.1, 0.15) is 71.1 Å². The lowest BCUT2D eigenvalue weighted by atomic mass is 10.1. The molecular formula is C14H31NO3S. The first-order valence-electron chi connectivity index (χ1n) is 7.57. The zero-order chi connectivity index (χ0) is 14.6. The molecule has 0 N–H and O–H groups in total. The lowest BCUT2D eigenvalue weighted by Crippen LogP contribution is -2.24. The van der Waals surface area contributed by atoms with Gasteiger partial charge < -0.3 is 0 Å². The highest BCUT2D eigenvalue weighted by molar-refractivity contribution is 7.84. The van der Waals surface area contributed by atoms with Crippen LogP contribution in [0, 0.1) is 0 Å². The maximum Gasteiger partial charge on any atom is 0.337 e. The van der Waals surface area contributed by atoms with Crippen molar-refractivity contribution in [3.8, 4) is 0 Å². The van der Waals surface area contributed by atoms with Crippen molar-refractivity contribution in [3.63, 3.8) is 0 Å². The van der Waals surface area contributed by atoms with Crippen LogP contribution in [-0.4, -0.2) is 33.4 Å². The van der Waals surface area contributed by atoms with Crippen molar-refractivity contribution in [2.45, 2.75) is 71.1 Å². The van der Waals surface area contributed by atoms with E-state index in [0.29, 0.717) is 6.61 Å². The van der Waals surface area contributed by atoms with Gasteiger partial charge in [-0.2, -0.15) is 12.7 Å². The number of nitrogens with zero attached hydrogens (tertiary/aromatic N) is 1. The van der Waals surface area contributed by atoms with Crippen LogP contribution in [0.3, 0.4) is 0 Å². The van der Waals surface area contributed by atoms with Crippen LogP contribution in [0.4, 0.5) is 0 Å². The lowest BCUT2D eigenvalue weighted by Gasteiger charge is -2.10. The molecule has 0 aromatic carbocycles. The summed E-state index contributed by atoms with van der Waals surface area (Å²) in [4.78, 5) is 0. The summed E-state index contributed by atoms with van der Waals surface area (Å²) in [5, 5.41) is 0. The smallest absolute Gasteiger partial charge is 0.258 e. The van der Waals surface area contributed by atoms with Gasteiger partial charge in [0.1, 0.15) is 0 Å². The Morgan fingerprint density at radius 2 is 1.21 bits per heavy atom. The van der Waals surface area contributed by atoms with Gasteiger partial charge in [0, 0.05) is 14.1 Å². The second-order valence-corrected chi connectivity index (χ2v) is 7.07. The van der Waals surface area contributed by atoms with E-state index in [4.69, 9.17) is 4.18 Å². The molecule has 0 fully saturated rings. The van der Waals surface area contributed by atoms with Crippen LogP contribution in [0.15, 0.2) is 0 Å². The van der Waals surface area contributed by atoms with Crippen LogP contribution in [0.2, 0.25) is 0 Å². The monoisotopic (exact) mass is 293 g/mol. The Kier molecular flexibility index (Phi) is 11.6. The SMILES string of the molecule is CCCCCCCCCCCCOS(=O)(=O)N(C)C. The maximum atomic E-state index is 11.3. The van der Waals surface area contributed by atoms with E-state index < -0.39 is 10.3 Å². The molecule has 19 heavy (non-hydrogen) atoms. The molecule has 0 unspecified atom stereocenters. The van der Waals surface area contributed by atoms with Crippen LogP contribution in [-0.2, 0) is 14.5 Å². The molecule has 0 aromatic heterocycles. The van der Waals surface area contributed by atoms with Crippen molar-refractivity contribution in [2.75, 3.05) is 20.7 Å². The van der Waals surface area contributed by atoms with Gasteiger partial charge in [0.05, 0.1) is 6.61 Å². The summed E-state index contributed by atoms with van der Waals surface area (Å²) in [5.74, 6) is 0. The minimum absolute atomic E-state index is 0.303. The normalized spacial score (nSPS) is 12.2. The summed E-state index contributed by atoms with van der Waals surface area (Å²) < 4.78 is 28.6. The van der Waals surface area contributed by atoms with Gasteiger partial charge in [-0.05, 0) is 6.42 Å². The predicted molar refractivity (Wildman–Crippen MR) is 80.4 cm³/mol. The second kappa shape index (κ2) is 11.7. The summed E-state index contributed by atoms with van der Waals surface area (Å²) in [6, 6.07) is 0. The summed E-state index contributed by atoms with van der Waals surface area (Å²) in [6.07, 6.45) is 12.3. The van der Waals surface area contributed by atoms with Crippen LogP contribution in [0.5, 0.6) is 0 Å². The van der Waals surface area contributed by atoms with E-state index >= 15 is 0 Å². The first-order chi connectivity index (χ1) is 9.00. The molecule has 116 valence electrons. The van der Waals surface area contributed by atoms with Crippen LogP contribution in [0.25, 0.3) is 0 Å². The van der Waals surface area contributed by atoms with Gasteiger partial charge in [-0.3, -0.25) is 4.18 Å². The highest BCUT2D eigenvalue weighted by Crippen LogP contribution is 2.10. The molecule has 0 aliphatic heterocycles. The molecule has 0 radical (unpaired) electrons. The van der Waals surface area contributed by atoms with Crippen molar-refractivity contribution >= 4 is 10.3 Å². The highest BCUT2D eigenvalue weighted by Gasteiger charge is 2.12. The highest BCUT2D eigenvalue weighted by atomic mass is 32.2. The van der Waals surface area contributed by atoms with E-state index in [1.165, 1.54) is 65.5 Å². The number of hydrogen-bond acceptors (Lipinski definition) is 3. The Labute approximate surface area is 119 Å². The van der Waals surface area contributed by atoms with Gasteiger partial charge in [0.2, 0.25) is 0 Å². The van der Waals surface area contributed by atoms with Crippen LogP contribution < -0.4 is 0 Å². The lowest BCUT2D eigenvalue weighted by molar-refractivity contribution is 0.279. The van der Waals surface area contributed by atoms with Crippen LogP contribution >= 0.6 is 0 Å². The average molecular weight is 293 g/mol. The van der Waals surface area contributed by atoms with Gasteiger partial charge in [-0.15, -0.1) is 0 Å². The Bertz CT molecular complexity index is 289. The fraction of sp³-hybridized carbons (Fsp3) is 1.00. The third-order valence-electron chi connectivity index (χ3n) is 3.18. The summed E-state index contributed by atoms with van der Waals surface area (Å²) in [6.45, 7) is 2.54. The van der Waals surface area contributed by atoms with Crippen molar-refractivity contribution in [2.24, 2.45) is 0 Å². The quantitative estimate of drug-likeness (QED) is 0.486. The molecule has 0 aliphatic rings. The van der Waals surface area contributed by atoms with E-state index in [9.17, 15) is 8.42 Å². The summed E-state index contributed by atoms with van der Waals surface area (Å²) in [7, 11) is -0.515. The zero-order valence-corrected chi connectivity index (χ0v) is 13.7. The van der Waals surface area contributed by atoms with E-state index in [1.807, 2.05) is 0 Å². The molecule has 0 aromatic rings.